The lowest BCUT2D eigenvalue weighted by Gasteiger charge is -2.16. The molecule has 1 aromatic carbocycles. The SMILES string of the molecule is CCc1nc(C)c(C(=O)N(C)Cc2ccc(Br)cc2)s1. The fraction of sp³-hybridized carbons (Fsp3) is 0.333. The average Bonchev–Trinajstić information content (AvgIpc) is 2.81. The third-order valence-corrected chi connectivity index (χ3v) is 4.84. The van der Waals surface area contributed by atoms with Crippen molar-refractivity contribution in [1.29, 1.82) is 0 Å². The summed E-state index contributed by atoms with van der Waals surface area (Å²) >= 11 is 4.91. The molecule has 0 radical (unpaired) electrons. The average molecular weight is 353 g/mol. The van der Waals surface area contributed by atoms with Crippen molar-refractivity contribution in [2.24, 2.45) is 0 Å². The van der Waals surface area contributed by atoms with Crippen molar-refractivity contribution in [3.63, 3.8) is 0 Å². The fourth-order valence-corrected chi connectivity index (χ4v) is 3.17. The topological polar surface area (TPSA) is 33.2 Å². The normalized spacial score (nSPS) is 10.6. The molecule has 0 fully saturated rings. The monoisotopic (exact) mass is 352 g/mol. The Morgan fingerprint density at radius 1 is 1.35 bits per heavy atom. The molecule has 1 amide bonds. The molecule has 0 N–H and O–H groups in total. The van der Waals surface area contributed by atoms with Crippen LogP contribution in [-0.2, 0) is 13.0 Å². The van der Waals surface area contributed by atoms with Gasteiger partial charge in [-0.2, -0.15) is 0 Å². The third kappa shape index (κ3) is 3.46. The maximum atomic E-state index is 12.5. The van der Waals surface area contributed by atoms with E-state index in [1.165, 1.54) is 11.3 Å². The van der Waals surface area contributed by atoms with Crippen molar-refractivity contribution in [2.45, 2.75) is 26.8 Å². The summed E-state index contributed by atoms with van der Waals surface area (Å²) in [5.74, 6) is 0.0441. The van der Waals surface area contributed by atoms with E-state index in [-0.39, 0.29) is 5.91 Å². The molecule has 20 heavy (non-hydrogen) atoms. The first-order valence-corrected chi connectivity index (χ1v) is 8.08. The minimum absolute atomic E-state index is 0.0441. The fourth-order valence-electron chi connectivity index (χ4n) is 1.91. The second-order valence-electron chi connectivity index (χ2n) is 4.66. The second kappa shape index (κ2) is 6.50. The van der Waals surface area contributed by atoms with E-state index >= 15 is 0 Å². The zero-order chi connectivity index (χ0) is 14.7. The molecular weight excluding hydrogens is 336 g/mol. The van der Waals surface area contributed by atoms with Gasteiger partial charge in [0, 0.05) is 18.1 Å². The summed E-state index contributed by atoms with van der Waals surface area (Å²) in [6.45, 7) is 4.55. The number of carbonyl (C=O) groups is 1. The summed E-state index contributed by atoms with van der Waals surface area (Å²) in [6, 6.07) is 8.01. The lowest BCUT2D eigenvalue weighted by atomic mass is 10.2. The number of rotatable bonds is 4. The van der Waals surface area contributed by atoms with Crippen molar-refractivity contribution >= 4 is 33.2 Å². The Morgan fingerprint density at radius 2 is 2.00 bits per heavy atom. The van der Waals surface area contributed by atoms with Crippen LogP contribution in [0.4, 0.5) is 0 Å². The molecule has 2 rings (SSSR count). The number of halogens is 1. The van der Waals surface area contributed by atoms with E-state index in [1.807, 2.05) is 38.2 Å². The van der Waals surface area contributed by atoms with E-state index in [0.29, 0.717) is 6.54 Å². The number of carbonyl (C=O) groups excluding carboxylic acids is 1. The minimum atomic E-state index is 0.0441. The Balaban J connectivity index is 2.11. The summed E-state index contributed by atoms with van der Waals surface area (Å²) < 4.78 is 1.04. The van der Waals surface area contributed by atoms with E-state index in [9.17, 15) is 4.79 Å². The van der Waals surface area contributed by atoms with Gasteiger partial charge in [0.05, 0.1) is 10.7 Å². The van der Waals surface area contributed by atoms with Gasteiger partial charge in [-0.25, -0.2) is 4.98 Å². The van der Waals surface area contributed by atoms with Crippen LogP contribution in [0.2, 0.25) is 0 Å². The number of nitrogens with zero attached hydrogens (tertiary/aromatic N) is 2. The third-order valence-electron chi connectivity index (χ3n) is 3.02. The molecule has 0 aliphatic rings. The van der Waals surface area contributed by atoms with Crippen LogP contribution in [0.3, 0.4) is 0 Å². The molecule has 0 aliphatic heterocycles. The van der Waals surface area contributed by atoms with Gasteiger partial charge in [0.15, 0.2) is 0 Å². The number of benzene rings is 1. The van der Waals surface area contributed by atoms with Crippen molar-refractivity contribution in [3.05, 3.63) is 49.9 Å². The molecule has 0 atom stereocenters. The van der Waals surface area contributed by atoms with Gasteiger partial charge in [-0.05, 0) is 31.0 Å². The highest BCUT2D eigenvalue weighted by Crippen LogP contribution is 2.21. The summed E-state index contributed by atoms with van der Waals surface area (Å²) in [6.07, 6.45) is 0.870. The van der Waals surface area contributed by atoms with E-state index in [1.54, 1.807) is 4.90 Å². The van der Waals surface area contributed by atoms with Crippen molar-refractivity contribution in [2.75, 3.05) is 7.05 Å². The summed E-state index contributed by atoms with van der Waals surface area (Å²) in [5, 5.41) is 1.02. The number of aryl methyl sites for hydroxylation is 2. The van der Waals surface area contributed by atoms with Crippen LogP contribution in [-0.4, -0.2) is 22.8 Å². The molecule has 0 spiro atoms. The predicted molar refractivity (Wildman–Crippen MR) is 86.2 cm³/mol. The van der Waals surface area contributed by atoms with Gasteiger partial charge in [-0.3, -0.25) is 4.79 Å². The zero-order valence-corrected chi connectivity index (χ0v) is 14.2. The van der Waals surface area contributed by atoms with Crippen LogP contribution in [0.15, 0.2) is 28.7 Å². The Bertz CT molecular complexity index is 607. The van der Waals surface area contributed by atoms with Gasteiger partial charge in [-0.1, -0.05) is 35.0 Å². The van der Waals surface area contributed by atoms with Crippen LogP contribution in [0.5, 0.6) is 0 Å². The van der Waals surface area contributed by atoms with Crippen LogP contribution in [0.25, 0.3) is 0 Å². The lowest BCUT2D eigenvalue weighted by molar-refractivity contribution is 0.0789. The van der Waals surface area contributed by atoms with Gasteiger partial charge in [0.25, 0.3) is 5.91 Å². The van der Waals surface area contributed by atoms with Crippen molar-refractivity contribution in [1.82, 2.24) is 9.88 Å². The lowest BCUT2D eigenvalue weighted by Crippen LogP contribution is -2.26. The molecular formula is C15H17BrN2OS. The van der Waals surface area contributed by atoms with Crippen LogP contribution in [0, 0.1) is 6.92 Å². The Morgan fingerprint density at radius 3 is 2.55 bits per heavy atom. The molecule has 0 saturated carbocycles. The molecule has 0 unspecified atom stereocenters. The van der Waals surface area contributed by atoms with Crippen LogP contribution >= 0.6 is 27.3 Å². The summed E-state index contributed by atoms with van der Waals surface area (Å²) in [5.41, 5.74) is 1.95. The first-order valence-electron chi connectivity index (χ1n) is 6.47. The number of amides is 1. The molecule has 0 aliphatic carbocycles. The molecule has 106 valence electrons. The number of hydrogen-bond acceptors (Lipinski definition) is 3. The van der Waals surface area contributed by atoms with Gasteiger partial charge < -0.3 is 4.90 Å². The number of thiazole rings is 1. The molecule has 5 heteroatoms. The van der Waals surface area contributed by atoms with E-state index in [4.69, 9.17) is 0 Å². The molecule has 2 aromatic rings. The Kier molecular flexibility index (Phi) is 4.94. The van der Waals surface area contributed by atoms with Crippen LogP contribution in [0.1, 0.15) is 32.9 Å². The molecule has 1 aromatic heterocycles. The largest absolute Gasteiger partial charge is 0.337 e. The number of aromatic nitrogens is 1. The highest BCUT2D eigenvalue weighted by Gasteiger charge is 2.18. The first-order chi connectivity index (χ1) is 9.51. The zero-order valence-electron chi connectivity index (χ0n) is 11.8. The smallest absolute Gasteiger partial charge is 0.265 e. The minimum Gasteiger partial charge on any atom is -0.337 e. The molecule has 1 heterocycles. The summed E-state index contributed by atoms with van der Waals surface area (Å²) in [4.78, 5) is 19.4. The van der Waals surface area contributed by atoms with Crippen LogP contribution < -0.4 is 0 Å². The molecule has 3 nitrogen and oxygen atoms in total. The first kappa shape index (κ1) is 15.2. The maximum absolute atomic E-state index is 12.5. The number of hydrogen-bond donors (Lipinski definition) is 0. The molecule has 0 bridgehead atoms. The Hall–Kier alpha value is -1.20. The predicted octanol–water partition coefficient (Wildman–Crippen LogP) is 4.05. The van der Waals surface area contributed by atoms with Gasteiger partial charge >= 0.3 is 0 Å². The second-order valence-corrected chi connectivity index (χ2v) is 6.66. The van der Waals surface area contributed by atoms with Gasteiger partial charge in [0.2, 0.25) is 0 Å². The Labute approximate surface area is 131 Å². The van der Waals surface area contributed by atoms with E-state index in [0.717, 1.165) is 32.0 Å². The van der Waals surface area contributed by atoms with Crippen molar-refractivity contribution < 1.29 is 4.79 Å². The quantitative estimate of drug-likeness (QED) is 0.831. The highest BCUT2D eigenvalue weighted by molar-refractivity contribution is 9.10. The van der Waals surface area contributed by atoms with E-state index in [2.05, 4.69) is 27.8 Å². The standard InChI is InChI=1S/C15H17BrN2OS/c1-4-13-17-10(2)14(20-13)15(19)18(3)9-11-5-7-12(16)8-6-11/h5-8H,4,9H2,1-3H3. The summed E-state index contributed by atoms with van der Waals surface area (Å²) in [7, 11) is 1.83. The van der Waals surface area contributed by atoms with Gasteiger partial charge in [-0.15, -0.1) is 11.3 Å². The van der Waals surface area contributed by atoms with Crippen molar-refractivity contribution in [3.8, 4) is 0 Å². The van der Waals surface area contributed by atoms with E-state index < -0.39 is 0 Å². The molecule has 0 saturated heterocycles. The maximum Gasteiger partial charge on any atom is 0.265 e. The highest BCUT2D eigenvalue weighted by atomic mass is 79.9. The van der Waals surface area contributed by atoms with Gasteiger partial charge in [0.1, 0.15) is 4.88 Å².